The van der Waals surface area contributed by atoms with Gasteiger partial charge in [-0.05, 0) is 37.6 Å². The van der Waals surface area contributed by atoms with Crippen molar-refractivity contribution in [2.45, 2.75) is 25.4 Å². The third-order valence-corrected chi connectivity index (χ3v) is 4.10. The van der Waals surface area contributed by atoms with E-state index in [4.69, 9.17) is 0 Å². The first-order chi connectivity index (χ1) is 10.3. The number of likely N-dealkylation sites (tertiary alicyclic amines) is 1. The molecule has 0 bridgehead atoms. The second-order valence-corrected chi connectivity index (χ2v) is 5.47. The van der Waals surface area contributed by atoms with Crippen LogP contribution in [0, 0.1) is 5.82 Å². The van der Waals surface area contributed by atoms with Crippen molar-refractivity contribution in [1.29, 1.82) is 0 Å². The highest BCUT2D eigenvalue weighted by Gasteiger charge is 2.24. The number of aliphatic hydroxyl groups excluding tert-OH is 1. The molecule has 0 saturated carbocycles. The van der Waals surface area contributed by atoms with E-state index in [9.17, 15) is 9.50 Å². The van der Waals surface area contributed by atoms with Gasteiger partial charge in [0.2, 0.25) is 0 Å². The lowest BCUT2D eigenvalue weighted by Gasteiger charge is -2.23. The molecule has 0 spiro atoms. The normalized spacial score (nSPS) is 19.0. The average molecular weight is 286 g/mol. The molecule has 2 aromatic rings. The molecule has 0 aliphatic carbocycles. The largest absolute Gasteiger partial charge is 0.395 e. The first-order valence-corrected chi connectivity index (χ1v) is 7.32. The lowest BCUT2D eigenvalue weighted by atomic mass is 10.1. The van der Waals surface area contributed by atoms with E-state index in [1.54, 1.807) is 12.3 Å². The summed E-state index contributed by atoms with van der Waals surface area (Å²) in [7, 11) is 0. The highest BCUT2D eigenvalue weighted by Crippen LogP contribution is 2.24. The second-order valence-electron chi connectivity index (χ2n) is 5.47. The molecule has 1 saturated heterocycles. The van der Waals surface area contributed by atoms with E-state index in [1.165, 1.54) is 0 Å². The Hall–Kier alpha value is -1.78. The monoisotopic (exact) mass is 286 g/mol. The van der Waals surface area contributed by atoms with E-state index in [-0.39, 0.29) is 18.5 Å². The molecule has 2 heterocycles. The molecule has 0 amide bonds. The molecule has 3 nitrogen and oxygen atoms in total. The number of rotatable bonds is 4. The second kappa shape index (κ2) is 6.33. The van der Waals surface area contributed by atoms with Gasteiger partial charge in [0.25, 0.3) is 0 Å². The van der Waals surface area contributed by atoms with Gasteiger partial charge in [-0.15, -0.1) is 0 Å². The fourth-order valence-electron chi connectivity index (χ4n) is 2.90. The average Bonchev–Trinajstić information content (AvgIpc) is 2.97. The molecule has 0 unspecified atom stereocenters. The molecule has 110 valence electrons. The SMILES string of the molecule is OC[C@@H]1CCCN1Cc1ccc(-c2ccccn2)cc1F. The molecule has 1 atom stereocenters. The van der Waals surface area contributed by atoms with Crippen LogP contribution in [0.15, 0.2) is 42.6 Å². The smallest absolute Gasteiger partial charge is 0.128 e. The summed E-state index contributed by atoms with van der Waals surface area (Å²) in [5.74, 6) is -0.207. The van der Waals surface area contributed by atoms with Crippen LogP contribution in [-0.2, 0) is 6.54 Å². The molecule has 4 heteroatoms. The van der Waals surface area contributed by atoms with E-state index >= 15 is 0 Å². The lowest BCUT2D eigenvalue weighted by Crippen LogP contribution is -2.31. The Morgan fingerprint density at radius 3 is 2.90 bits per heavy atom. The van der Waals surface area contributed by atoms with Crippen molar-refractivity contribution >= 4 is 0 Å². The van der Waals surface area contributed by atoms with Crippen LogP contribution in [0.4, 0.5) is 4.39 Å². The number of halogens is 1. The summed E-state index contributed by atoms with van der Waals surface area (Å²) in [6.45, 7) is 1.62. The number of aromatic nitrogens is 1. The van der Waals surface area contributed by atoms with Crippen LogP contribution in [0.1, 0.15) is 18.4 Å². The van der Waals surface area contributed by atoms with E-state index in [2.05, 4.69) is 9.88 Å². The predicted octanol–water partition coefficient (Wildman–Crippen LogP) is 2.84. The van der Waals surface area contributed by atoms with Crippen molar-refractivity contribution in [3.8, 4) is 11.3 Å². The van der Waals surface area contributed by atoms with Crippen LogP contribution in [0.25, 0.3) is 11.3 Å². The molecule has 3 rings (SSSR count). The highest BCUT2D eigenvalue weighted by molar-refractivity contribution is 5.59. The Morgan fingerprint density at radius 2 is 2.19 bits per heavy atom. The third-order valence-electron chi connectivity index (χ3n) is 4.10. The molecule has 0 radical (unpaired) electrons. The quantitative estimate of drug-likeness (QED) is 0.939. The van der Waals surface area contributed by atoms with Gasteiger partial charge >= 0.3 is 0 Å². The zero-order valence-corrected chi connectivity index (χ0v) is 11.9. The van der Waals surface area contributed by atoms with Gasteiger partial charge in [-0.25, -0.2) is 4.39 Å². The maximum absolute atomic E-state index is 14.3. The van der Waals surface area contributed by atoms with E-state index in [0.29, 0.717) is 12.1 Å². The summed E-state index contributed by atoms with van der Waals surface area (Å²) in [6.07, 6.45) is 3.76. The maximum atomic E-state index is 14.3. The fourth-order valence-corrected chi connectivity index (χ4v) is 2.90. The minimum atomic E-state index is -0.207. The van der Waals surface area contributed by atoms with Crippen molar-refractivity contribution in [1.82, 2.24) is 9.88 Å². The van der Waals surface area contributed by atoms with Crippen LogP contribution in [0.3, 0.4) is 0 Å². The van der Waals surface area contributed by atoms with Crippen molar-refractivity contribution in [3.05, 3.63) is 54.0 Å². The molecule has 1 N–H and O–H groups in total. The Bertz CT molecular complexity index is 603. The van der Waals surface area contributed by atoms with Gasteiger partial charge < -0.3 is 5.11 Å². The predicted molar refractivity (Wildman–Crippen MR) is 80.1 cm³/mol. The molecule has 1 aliphatic heterocycles. The third kappa shape index (κ3) is 3.12. The lowest BCUT2D eigenvalue weighted by molar-refractivity contribution is 0.152. The number of hydrogen-bond acceptors (Lipinski definition) is 3. The van der Waals surface area contributed by atoms with Crippen LogP contribution < -0.4 is 0 Å². The summed E-state index contributed by atoms with van der Waals surface area (Å²) < 4.78 is 14.3. The Kier molecular flexibility index (Phi) is 4.27. The Labute approximate surface area is 124 Å². The summed E-state index contributed by atoms with van der Waals surface area (Å²) in [5.41, 5.74) is 2.24. The van der Waals surface area contributed by atoms with Gasteiger partial charge in [-0.1, -0.05) is 18.2 Å². The number of pyridine rings is 1. The van der Waals surface area contributed by atoms with Crippen LogP contribution in [0.5, 0.6) is 0 Å². The number of nitrogens with zero attached hydrogens (tertiary/aromatic N) is 2. The number of aliphatic hydroxyl groups is 1. The number of hydrogen-bond donors (Lipinski definition) is 1. The molecule has 1 fully saturated rings. The van der Waals surface area contributed by atoms with Crippen molar-refractivity contribution < 1.29 is 9.50 Å². The highest BCUT2D eigenvalue weighted by atomic mass is 19.1. The first kappa shape index (κ1) is 14.2. The van der Waals surface area contributed by atoms with Crippen molar-refractivity contribution in [2.75, 3.05) is 13.2 Å². The van der Waals surface area contributed by atoms with Gasteiger partial charge in [0.05, 0.1) is 12.3 Å². The molecule has 1 aromatic heterocycles. The minimum absolute atomic E-state index is 0.146. The molecule has 1 aliphatic rings. The van der Waals surface area contributed by atoms with Crippen LogP contribution >= 0.6 is 0 Å². The van der Waals surface area contributed by atoms with Crippen LogP contribution in [0.2, 0.25) is 0 Å². The van der Waals surface area contributed by atoms with Gasteiger partial charge in [-0.2, -0.15) is 0 Å². The van der Waals surface area contributed by atoms with E-state index < -0.39 is 0 Å². The summed E-state index contributed by atoms with van der Waals surface area (Å²) in [6, 6.07) is 11.1. The zero-order chi connectivity index (χ0) is 14.7. The topological polar surface area (TPSA) is 36.4 Å². The first-order valence-electron chi connectivity index (χ1n) is 7.32. The zero-order valence-electron chi connectivity index (χ0n) is 11.9. The van der Waals surface area contributed by atoms with E-state index in [0.717, 1.165) is 30.6 Å². The maximum Gasteiger partial charge on any atom is 0.128 e. The van der Waals surface area contributed by atoms with Gasteiger partial charge in [0.1, 0.15) is 5.82 Å². The van der Waals surface area contributed by atoms with E-state index in [1.807, 2.05) is 30.3 Å². The molecule has 21 heavy (non-hydrogen) atoms. The van der Waals surface area contributed by atoms with Crippen molar-refractivity contribution in [3.63, 3.8) is 0 Å². The van der Waals surface area contributed by atoms with Gasteiger partial charge in [0.15, 0.2) is 0 Å². The summed E-state index contributed by atoms with van der Waals surface area (Å²) in [5, 5.41) is 9.33. The van der Waals surface area contributed by atoms with Crippen LogP contribution in [-0.4, -0.2) is 34.2 Å². The van der Waals surface area contributed by atoms with Crippen molar-refractivity contribution in [2.24, 2.45) is 0 Å². The molecule has 1 aromatic carbocycles. The number of benzene rings is 1. The van der Waals surface area contributed by atoms with Gasteiger partial charge in [-0.3, -0.25) is 9.88 Å². The summed E-state index contributed by atoms with van der Waals surface area (Å²) in [4.78, 5) is 6.39. The molecular formula is C17H19FN2O. The standard InChI is InChI=1S/C17H19FN2O/c18-16-10-13(17-5-1-2-8-19-17)6-7-14(16)11-20-9-3-4-15(20)12-21/h1-2,5-8,10,15,21H,3-4,9,11-12H2/t15-/m0/s1. The molecular weight excluding hydrogens is 267 g/mol. The minimum Gasteiger partial charge on any atom is -0.395 e. The Balaban J connectivity index is 1.79. The Morgan fingerprint density at radius 1 is 1.29 bits per heavy atom. The summed E-state index contributed by atoms with van der Waals surface area (Å²) >= 11 is 0. The fraction of sp³-hybridized carbons (Fsp3) is 0.353. The van der Waals surface area contributed by atoms with Gasteiger partial charge in [0, 0.05) is 29.9 Å².